The van der Waals surface area contributed by atoms with Crippen molar-refractivity contribution in [3.05, 3.63) is 66.0 Å². The Labute approximate surface area is 178 Å². The fourth-order valence-corrected chi connectivity index (χ4v) is 2.92. The number of benzene rings is 1. The number of nitrogens with zero attached hydrogens (tertiary/aromatic N) is 1. The number of pyridine rings is 1. The highest BCUT2D eigenvalue weighted by Crippen LogP contribution is 2.35. The van der Waals surface area contributed by atoms with Crippen LogP contribution in [0.5, 0.6) is 17.2 Å². The second-order valence-corrected chi connectivity index (χ2v) is 6.74. The van der Waals surface area contributed by atoms with Crippen molar-refractivity contribution in [2.24, 2.45) is 0 Å². The van der Waals surface area contributed by atoms with Crippen LogP contribution in [0.25, 0.3) is 6.08 Å². The zero-order valence-electron chi connectivity index (χ0n) is 16.8. The molecule has 1 aromatic carbocycles. The smallest absolute Gasteiger partial charge is 0.321 e. The van der Waals surface area contributed by atoms with E-state index in [1.54, 1.807) is 43.6 Å². The lowest BCUT2D eigenvalue weighted by Crippen LogP contribution is -2.14. The second kappa shape index (κ2) is 11.6. The summed E-state index contributed by atoms with van der Waals surface area (Å²) in [6, 6.07) is 6.44. The normalized spacial score (nSPS) is 10.9. The Bertz CT molecular complexity index is 969. The molecule has 0 aliphatic rings. The van der Waals surface area contributed by atoms with E-state index in [1.807, 2.05) is 0 Å². The zero-order chi connectivity index (χ0) is 21.9. The van der Waals surface area contributed by atoms with Crippen LogP contribution >= 0.6 is 11.8 Å². The summed E-state index contributed by atoms with van der Waals surface area (Å²) in [6.07, 6.45) is 9.12. The van der Waals surface area contributed by atoms with Gasteiger partial charge in [0.15, 0.2) is 5.78 Å². The van der Waals surface area contributed by atoms with Gasteiger partial charge in [-0.3, -0.25) is 19.4 Å². The van der Waals surface area contributed by atoms with Gasteiger partial charge >= 0.3 is 5.97 Å². The molecule has 0 aliphatic heterocycles. The van der Waals surface area contributed by atoms with Gasteiger partial charge in [0.25, 0.3) is 0 Å². The van der Waals surface area contributed by atoms with Crippen LogP contribution < -0.4 is 14.2 Å². The Morgan fingerprint density at radius 3 is 2.37 bits per heavy atom. The fraction of sp³-hybridized carbons (Fsp3) is 0.182. The average Bonchev–Trinajstić information content (AvgIpc) is 2.76. The van der Waals surface area contributed by atoms with Crippen LogP contribution in [0, 0.1) is 0 Å². The van der Waals surface area contributed by atoms with Crippen LogP contribution in [0.3, 0.4) is 0 Å². The van der Waals surface area contributed by atoms with Crippen molar-refractivity contribution >= 4 is 34.7 Å². The summed E-state index contributed by atoms with van der Waals surface area (Å²) in [4.78, 5) is 40.6. The Kier molecular flexibility index (Phi) is 8.83. The van der Waals surface area contributed by atoms with E-state index in [0.29, 0.717) is 5.75 Å². The molecule has 0 bridgehead atoms. The van der Waals surface area contributed by atoms with Gasteiger partial charge in [-0.25, -0.2) is 0 Å². The molecule has 1 heterocycles. The van der Waals surface area contributed by atoms with E-state index in [4.69, 9.17) is 14.2 Å². The Morgan fingerprint density at radius 2 is 1.73 bits per heavy atom. The average molecular weight is 427 g/mol. The Hall–Kier alpha value is -3.39. The topological polar surface area (TPSA) is 91.8 Å². The summed E-state index contributed by atoms with van der Waals surface area (Å²) in [5, 5.41) is -0.269. The maximum Gasteiger partial charge on any atom is 0.321 e. The Balaban J connectivity index is 2.31. The van der Waals surface area contributed by atoms with Crippen molar-refractivity contribution in [2.75, 3.05) is 20.0 Å². The molecule has 0 saturated heterocycles. The largest absolute Gasteiger partial charge is 0.496 e. The number of ether oxygens (including phenoxy) is 3. The molecule has 30 heavy (non-hydrogen) atoms. The van der Waals surface area contributed by atoms with Crippen LogP contribution in [-0.2, 0) is 9.59 Å². The van der Waals surface area contributed by atoms with Crippen molar-refractivity contribution < 1.29 is 28.6 Å². The number of aromatic nitrogens is 1. The van der Waals surface area contributed by atoms with E-state index in [0.717, 1.165) is 17.3 Å². The van der Waals surface area contributed by atoms with Crippen LogP contribution in [-0.4, -0.2) is 41.8 Å². The SMILES string of the molecule is C/C=C/C(=O)SCC(=O)Oc1cc(OC)cc(OC)c1C(=O)/C=C/c1ccncc1. The summed E-state index contributed by atoms with van der Waals surface area (Å²) in [5.74, 6) is -0.781. The van der Waals surface area contributed by atoms with Gasteiger partial charge in [-0.2, -0.15) is 0 Å². The maximum absolute atomic E-state index is 12.9. The van der Waals surface area contributed by atoms with E-state index in [2.05, 4.69) is 4.98 Å². The van der Waals surface area contributed by atoms with Crippen LogP contribution in [0.4, 0.5) is 0 Å². The van der Waals surface area contributed by atoms with Gasteiger partial charge in [0.05, 0.1) is 20.0 Å². The molecule has 8 heteroatoms. The third-order valence-corrected chi connectivity index (χ3v) is 4.53. The van der Waals surface area contributed by atoms with Gasteiger partial charge in [-0.1, -0.05) is 23.9 Å². The van der Waals surface area contributed by atoms with E-state index in [9.17, 15) is 14.4 Å². The third kappa shape index (κ3) is 6.59. The summed E-state index contributed by atoms with van der Waals surface area (Å²) < 4.78 is 15.9. The van der Waals surface area contributed by atoms with Crippen molar-refractivity contribution in [3.63, 3.8) is 0 Å². The Morgan fingerprint density at radius 1 is 1.03 bits per heavy atom. The van der Waals surface area contributed by atoms with Gasteiger partial charge in [-0.05, 0) is 36.8 Å². The molecule has 0 N–H and O–H groups in total. The molecule has 2 rings (SSSR count). The highest BCUT2D eigenvalue weighted by Gasteiger charge is 2.21. The molecule has 2 aromatic rings. The van der Waals surface area contributed by atoms with Crippen molar-refractivity contribution in [2.45, 2.75) is 6.92 Å². The van der Waals surface area contributed by atoms with E-state index >= 15 is 0 Å². The number of carbonyl (C=O) groups is 3. The van der Waals surface area contributed by atoms with E-state index in [-0.39, 0.29) is 27.9 Å². The molecule has 0 aliphatic carbocycles. The number of methoxy groups -OCH3 is 2. The first-order chi connectivity index (χ1) is 14.5. The number of rotatable bonds is 9. The minimum Gasteiger partial charge on any atom is -0.496 e. The number of hydrogen-bond donors (Lipinski definition) is 0. The van der Waals surface area contributed by atoms with Crippen LogP contribution in [0.15, 0.2) is 54.9 Å². The molecule has 0 atom stereocenters. The summed E-state index contributed by atoms with van der Waals surface area (Å²) >= 11 is 0.802. The molecular weight excluding hydrogens is 406 g/mol. The van der Waals surface area contributed by atoms with Gasteiger partial charge in [-0.15, -0.1) is 0 Å². The molecular formula is C22H21NO6S. The summed E-state index contributed by atoms with van der Waals surface area (Å²) in [6.45, 7) is 1.71. The molecule has 0 radical (unpaired) electrons. The standard InChI is InChI=1S/C22H21NO6S/c1-4-5-21(26)30-14-20(25)29-19-13-16(27-2)12-18(28-3)22(19)17(24)7-6-15-8-10-23-11-9-15/h4-13H,14H2,1-3H3/b5-4+,7-6+. The predicted molar refractivity (Wildman–Crippen MR) is 115 cm³/mol. The summed E-state index contributed by atoms with van der Waals surface area (Å²) in [7, 11) is 2.84. The highest BCUT2D eigenvalue weighted by molar-refractivity contribution is 8.14. The molecule has 156 valence electrons. The molecule has 0 amide bonds. The van der Waals surface area contributed by atoms with Crippen molar-refractivity contribution in [1.82, 2.24) is 4.98 Å². The molecule has 0 unspecified atom stereocenters. The lowest BCUT2D eigenvalue weighted by Gasteiger charge is -2.14. The number of thioether (sulfide) groups is 1. The molecule has 0 saturated carbocycles. The second-order valence-electron chi connectivity index (χ2n) is 5.76. The zero-order valence-corrected chi connectivity index (χ0v) is 17.6. The first-order valence-corrected chi connectivity index (χ1v) is 9.85. The highest BCUT2D eigenvalue weighted by atomic mass is 32.2. The predicted octanol–water partition coefficient (Wildman–Crippen LogP) is 3.74. The minimum atomic E-state index is -0.680. The van der Waals surface area contributed by atoms with Crippen LogP contribution in [0.2, 0.25) is 0 Å². The quantitative estimate of drug-likeness (QED) is 0.259. The molecule has 1 aromatic heterocycles. The van der Waals surface area contributed by atoms with Gasteiger partial charge in [0.1, 0.15) is 22.8 Å². The molecule has 7 nitrogen and oxygen atoms in total. The van der Waals surface area contributed by atoms with E-state index in [1.165, 1.54) is 38.5 Å². The number of allylic oxidation sites excluding steroid dienone is 2. The van der Waals surface area contributed by atoms with Crippen molar-refractivity contribution in [1.29, 1.82) is 0 Å². The monoisotopic (exact) mass is 427 g/mol. The number of carbonyl (C=O) groups excluding carboxylic acids is 3. The number of hydrogen-bond acceptors (Lipinski definition) is 8. The van der Waals surface area contributed by atoms with Crippen molar-refractivity contribution in [3.8, 4) is 17.2 Å². The lowest BCUT2D eigenvalue weighted by atomic mass is 10.1. The third-order valence-electron chi connectivity index (χ3n) is 3.73. The lowest BCUT2D eigenvalue weighted by molar-refractivity contribution is -0.131. The number of esters is 1. The summed E-state index contributed by atoms with van der Waals surface area (Å²) in [5.41, 5.74) is 0.852. The maximum atomic E-state index is 12.9. The van der Waals surface area contributed by atoms with E-state index < -0.39 is 11.8 Å². The first-order valence-electron chi connectivity index (χ1n) is 8.87. The first kappa shape index (κ1) is 22.9. The number of ketones is 1. The van der Waals surface area contributed by atoms with Gasteiger partial charge in [0, 0.05) is 24.5 Å². The minimum absolute atomic E-state index is 0.0142. The van der Waals surface area contributed by atoms with Gasteiger partial charge in [0.2, 0.25) is 5.12 Å². The van der Waals surface area contributed by atoms with Gasteiger partial charge < -0.3 is 14.2 Å². The van der Waals surface area contributed by atoms with Crippen LogP contribution in [0.1, 0.15) is 22.8 Å². The molecule has 0 fully saturated rings. The molecule has 0 spiro atoms. The fourth-order valence-electron chi connectivity index (χ4n) is 2.36.